The molecule has 0 aliphatic carbocycles. The molecule has 0 saturated carbocycles. The van der Waals surface area contributed by atoms with Gasteiger partial charge in [-0.05, 0) is 89.1 Å². The number of anilines is 6. The van der Waals surface area contributed by atoms with E-state index in [0.29, 0.717) is 0 Å². The lowest BCUT2D eigenvalue weighted by atomic mass is 9.37. The predicted molar refractivity (Wildman–Crippen MR) is 209 cm³/mol. The van der Waals surface area contributed by atoms with Gasteiger partial charge in [-0.25, -0.2) is 0 Å². The van der Waals surface area contributed by atoms with Crippen LogP contribution in [0.1, 0.15) is 31.9 Å². The molecular weight excluding hydrogens is 611 g/mol. The second-order valence-electron chi connectivity index (χ2n) is 14.6. The maximum atomic E-state index is 6.99. The van der Waals surface area contributed by atoms with Gasteiger partial charge in [-0.1, -0.05) is 106 Å². The summed E-state index contributed by atoms with van der Waals surface area (Å²) in [6, 6.07) is 50.0. The summed E-state index contributed by atoms with van der Waals surface area (Å²) < 4.78 is 13.9. The van der Waals surface area contributed by atoms with Gasteiger partial charge in [0.05, 0.1) is 17.1 Å². The number of nitrogens with zero attached hydrogens (tertiary/aromatic N) is 2. The molecule has 2 aliphatic rings. The molecule has 50 heavy (non-hydrogen) atoms. The fraction of sp³-hybridized carbons (Fsp3) is 0.111. The van der Waals surface area contributed by atoms with Gasteiger partial charge in [0, 0.05) is 33.4 Å². The largest absolute Gasteiger partial charge is 0.468 e. The molecule has 8 aromatic rings. The maximum Gasteiger partial charge on any atom is 0.342 e. The first-order valence-corrected chi connectivity index (χ1v) is 17.4. The van der Waals surface area contributed by atoms with Gasteiger partial charge in [-0.2, -0.15) is 0 Å². The topological polar surface area (TPSA) is 32.8 Å². The zero-order valence-corrected chi connectivity index (χ0v) is 28.6. The van der Waals surface area contributed by atoms with E-state index in [4.69, 9.17) is 8.83 Å². The fourth-order valence-corrected chi connectivity index (χ4v) is 8.16. The van der Waals surface area contributed by atoms with Gasteiger partial charge in [0.1, 0.15) is 22.5 Å². The minimum Gasteiger partial charge on any atom is -0.468 e. The molecule has 0 spiro atoms. The third kappa shape index (κ3) is 4.13. The third-order valence-electron chi connectivity index (χ3n) is 10.4. The van der Waals surface area contributed by atoms with Gasteiger partial charge in [-0.3, -0.25) is 0 Å². The Morgan fingerprint density at radius 2 is 1.08 bits per heavy atom. The minimum absolute atomic E-state index is 0.0747. The average Bonchev–Trinajstić information content (AvgIpc) is 3.71. The number of rotatable bonds is 3. The molecule has 0 N–H and O–H groups in total. The summed E-state index contributed by atoms with van der Waals surface area (Å²) in [5.41, 5.74) is 16.2. The molecule has 4 heterocycles. The monoisotopic (exact) mass is 646 g/mol. The Morgan fingerprint density at radius 3 is 1.72 bits per heavy atom. The van der Waals surface area contributed by atoms with E-state index in [1.165, 1.54) is 22.2 Å². The van der Waals surface area contributed by atoms with Crippen molar-refractivity contribution >= 4 is 79.6 Å². The van der Waals surface area contributed by atoms with Crippen molar-refractivity contribution in [1.82, 2.24) is 0 Å². The molecule has 6 aromatic carbocycles. The van der Waals surface area contributed by atoms with Gasteiger partial charge >= 0.3 is 6.71 Å². The third-order valence-corrected chi connectivity index (χ3v) is 10.4. The first-order valence-electron chi connectivity index (χ1n) is 17.4. The van der Waals surface area contributed by atoms with E-state index in [9.17, 15) is 0 Å². The molecule has 5 heteroatoms. The van der Waals surface area contributed by atoms with E-state index < -0.39 is 0 Å². The number of para-hydroxylation sites is 4. The Hall–Kier alpha value is -5.94. The smallest absolute Gasteiger partial charge is 0.342 e. The predicted octanol–water partition coefficient (Wildman–Crippen LogP) is 10.5. The van der Waals surface area contributed by atoms with E-state index in [0.717, 1.165) is 72.9 Å². The average molecular weight is 647 g/mol. The molecule has 2 aliphatic heterocycles. The summed E-state index contributed by atoms with van der Waals surface area (Å²) in [7, 11) is 0. The number of furan rings is 2. The Morgan fingerprint density at radius 1 is 0.540 bits per heavy atom. The molecule has 0 bridgehead atoms. The van der Waals surface area contributed by atoms with Crippen molar-refractivity contribution < 1.29 is 8.83 Å². The van der Waals surface area contributed by atoms with Crippen LogP contribution >= 0.6 is 0 Å². The summed E-state index contributed by atoms with van der Waals surface area (Å²) in [4.78, 5) is 4.85. The first kappa shape index (κ1) is 29.0. The van der Waals surface area contributed by atoms with E-state index >= 15 is 0 Å². The van der Waals surface area contributed by atoms with Crippen molar-refractivity contribution in [2.75, 3.05) is 9.80 Å². The molecule has 0 radical (unpaired) electrons. The second-order valence-corrected chi connectivity index (χ2v) is 14.6. The van der Waals surface area contributed by atoms with Crippen LogP contribution in [0.2, 0.25) is 0 Å². The molecule has 0 amide bonds. The van der Waals surface area contributed by atoms with Gasteiger partial charge in [-0.15, -0.1) is 0 Å². The Balaban J connectivity index is 1.31. The fourth-order valence-electron chi connectivity index (χ4n) is 8.16. The number of benzene rings is 6. The van der Waals surface area contributed by atoms with Gasteiger partial charge in [0.2, 0.25) is 0 Å². The molecule has 10 rings (SSSR count). The number of hydrogen-bond acceptors (Lipinski definition) is 4. The van der Waals surface area contributed by atoms with E-state index in [1.807, 2.05) is 6.07 Å². The van der Waals surface area contributed by atoms with Crippen molar-refractivity contribution in [2.45, 2.75) is 33.1 Å². The highest BCUT2D eigenvalue weighted by Gasteiger charge is 2.50. The second kappa shape index (κ2) is 10.5. The van der Waals surface area contributed by atoms with Crippen LogP contribution in [0.15, 0.2) is 148 Å². The zero-order valence-electron chi connectivity index (χ0n) is 28.6. The Bertz CT molecular complexity index is 2610. The standard InChI is InChI=1S/C45H35BN2O2/c1-28-26-36-40-37(27-28)48(35-19-11-8-16-32(35)29-22-24-30(25-23-29)45(2,3)4)42-34-18-10-13-21-39(34)50-44(42)46(40)43-41(33-17-9-12-20-38(33)49-43)47(36)31-14-6-5-7-15-31/h5-27H,1-4H3. The minimum atomic E-state index is -0.236. The van der Waals surface area contributed by atoms with Crippen LogP contribution in [0.3, 0.4) is 0 Å². The highest BCUT2D eigenvalue weighted by molar-refractivity contribution is 6.99. The highest BCUT2D eigenvalue weighted by Crippen LogP contribution is 2.50. The molecule has 0 saturated heterocycles. The van der Waals surface area contributed by atoms with Crippen molar-refractivity contribution in [3.63, 3.8) is 0 Å². The normalized spacial score (nSPS) is 13.5. The molecular formula is C45H35BN2O2. The van der Waals surface area contributed by atoms with Crippen molar-refractivity contribution in [2.24, 2.45) is 0 Å². The lowest BCUT2D eigenvalue weighted by Gasteiger charge is -2.41. The van der Waals surface area contributed by atoms with Crippen LogP contribution in [0, 0.1) is 6.92 Å². The molecule has 240 valence electrons. The van der Waals surface area contributed by atoms with Crippen molar-refractivity contribution in [3.8, 4) is 11.1 Å². The summed E-state index contributed by atoms with van der Waals surface area (Å²) in [6.45, 7) is 8.76. The summed E-state index contributed by atoms with van der Waals surface area (Å²) >= 11 is 0. The van der Waals surface area contributed by atoms with Crippen molar-refractivity contribution in [1.29, 1.82) is 0 Å². The van der Waals surface area contributed by atoms with Crippen LogP contribution in [0.25, 0.3) is 33.1 Å². The van der Waals surface area contributed by atoms with Crippen molar-refractivity contribution in [3.05, 3.63) is 151 Å². The Labute approximate surface area is 292 Å². The zero-order chi connectivity index (χ0) is 33.7. The van der Waals surface area contributed by atoms with Gasteiger partial charge < -0.3 is 18.6 Å². The van der Waals surface area contributed by atoms with Crippen LogP contribution in [0.4, 0.5) is 34.1 Å². The van der Waals surface area contributed by atoms with Crippen LogP contribution < -0.4 is 26.6 Å². The Kier molecular flexibility index (Phi) is 6.11. The molecule has 4 nitrogen and oxygen atoms in total. The highest BCUT2D eigenvalue weighted by atomic mass is 16.3. The van der Waals surface area contributed by atoms with Gasteiger partial charge in [0.15, 0.2) is 0 Å². The van der Waals surface area contributed by atoms with Gasteiger partial charge in [0.25, 0.3) is 0 Å². The maximum absolute atomic E-state index is 6.99. The van der Waals surface area contributed by atoms with Crippen LogP contribution in [-0.2, 0) is 5.41 Å². The molecule has 0 unspecified atom stereocenters. The number of aryl methyl sites for hydroxylation is 1. The first-order chi connectivity index (χ1) is 24.4. The van der Waals surface area contributed by atoms with Crippen LogP contribution in [-0.4, -0.2) is 6.71 Å². The quantitative estimate of drug-likeness (QED) is 0.179. The molecule has 0 fully saturated rings. The lowest BCUT2D eigenvalue weighted by molar-refractivity contribution is 0.590. The molecule has 0 atom stereocenters. The van der Waals surface area contributed by atoms with E-state index in [2.05, 4.69) is 171 Å². The number of fused-ring (bicyclic) bond motifs is 8. The SMILES string of the molecule is Cc1cc2c3c(c1)N(c1ccccc1-c1ccc(C(C)(C)C)cc1)c1c(oc4ccccc14)B3c1oc3ccccc3c1N2c1ccccc1. The summed E-state index contributed by atoms with van der Waals surface area (Å²) in [5.74, 6) is 0. The molecule has 2 aromatic heterocycles. The van der Waals surface area contributed by atoms with Crippen LogP contribution in [0.5, 0.6) is 0 Å². The summed E-state index contributed by atoms with van der Waals surface area (Å²) in [5, 5.41) is 2.17. The number of hydrogen-bond donors (Lipinski definition) is 0. The summed E-state index contributed by atoms with van der Waals surface area (Å²) in [6.07, 6.45) is 0. The van der Waals surface area contributed by atoms with E-state index in [-0.39, 0.29) is 12.1 Å². The van der Waals surface area contributed by atoms with E-state index in [1.54, 1.807) is 0 Å². The lowest BCUT2D eigenvalue weighted by Crippen LogP contribution is -2.60.